The maximum Gasteiger partial charge on any atom is 0.331 e. The first kappa shape index (κ1) is 16.1. The third-order valence-electron chi connectivity index (χ3n) is 2.35. The number of urea groups is 1. The molecule has 1 unspecified atom stereocenters. The van der Waals surface area contributed by atoms with Gasteiger partial charge >= 0.3 is 12.0 Å². The largest absolute Gasteiger partial charge is 0.479 e. The van der Waals surface area contributed by atoms with Crippen molar-refractivity contribution in [3.05, 3.63) is 30.6 Å². The molecule has 8 heteroatoms. The van der Waals surface area contributed by atoms with E-state index in [4.69, 9.17) is 5.11 Å². The molecule has 1 heterocycles. The van der Waals surface area contributed by atoms with E-state index in [1.807, 2.05) is 0 Å². The Kier molecular flexibility index (Phi) is 6.65. The van der Waals surface area contributed by atoms with Gasteiger partial charge in [-0.15, -0.1) is 6.58 Å². The highest BCUT2D eigenvalue weighted by Gasteiger charge is 2.23. The topological polar surface area (TPSA) is 96.2 Å². The lowest BCUT2D eigenvalue weighted by atomic mass is 10.1. The number of aliphatic carboxylic acids is 1. The zero-order chi connectivity index (χ0) is 15.0. The van der Waals surface area contributed by atoms with Gasteiger partial charge in [-0.1, -0.05) is 6.08 Å². The van der Waals surface area contributed by atoms with Crippen molar-refractivity contribution in [1.82, 2.24) is 20.4 Å². The summed E-state index contributed by atoms with van der Waals surface area (Å²) < 4.78 is 1.48. The smallest absolute Gasteiger partial charge is 0.331 e. The molecular weight excluding hydrogens is 280 g/mol. The first-order chi connectivity index (χ1) is 9.54. The van der Waals surface area contributed by atoms with Crippen molar-refractivity contribution in [1.29, 1.82) is 0 Å². The quantitative estimate of drug-likeness (QED) is 0.486. The van der Waals surface area contributed by atoms with Gasteiger partial charge in [0.2, 0.25) is 0 Å². The minimum Gasteiger partial charge on any atom is -0.479 e. The fourth-order valence-electron chi connectivity index (χ4n) is 1.46. The normalized spacial score (nSPS) is 11.7. The second-order valence-corrected chi connectivity index (χ2v) is 5.13. The van der Waals surface area contributed by atoms with Crippen LogP contribution in [0.2, 0.25) is 0 Å². The Morgan fingerprint density at radius 3 is 2.95 bits per heavy atom. The molecule has 0 aliphatic rings. The Hall–Kier alpha value is -1.96. The molecule has 2 amide bonds. The van der Waals surface area contributed by atoms with Gasteiger partial charge in [0.1, 0.15) is 0 Å². The maximum absolute atomic E-state index is 11.6. The summed E-state index contributed by atoms with van der Waals surface area (Å²) in [5.41, 5.74) is 0.427. The standard InChI is InChI=1S/C12H18N4O3S/c1-3-5-20-6-4-13-12(19)15-10(11(17)18)9-7-14-16(2)8-9/h3,7-8,10H,1,4-6H2,2H3,(H,17,18)(H2,13,15,19). The lowest BCUT2D eigenvalue weighted by Gasteiger charge is -2.13. The first-order valence-electron chi connectivity index (χ1n) is 5.99. The van der Waals surface area contributed by atoms with Crippen LogP contribution in [0, 0.1) is 0 Å². The van der Waals surface area contributed by atoms with Crippen LogP contribution < -0.4 is 10.6 Å². The van der Waals surface area contributed by atoms with E-state index in [0.717, 1.165) is 11.5 Å². The van der Waals surface area contributed by atoms with E-state index < -0.39 is 18.0 Å². The van der Waals surface area contributed by atoms with E-state index >= 15 is 0 Å². The number of carbonyl (C=O) groups is 2. The molecule has 0 aromatic carbocycles. The third-order valence-corrected chi connectivity index (χ3v) is 3.31. The van der Waals surface area contributed by atoms with Gasteiger partial charge in [-0.3, -0.25) is 4.68 Å². The molecule has 0 fully saturated rings. The van der Waals surface area contributed by atoms with Gasteiger partial charge in [0.05, 0.1) is 6.20 Å². The van der Waals surface area contributed by atoms with Crippen LogP contribution in [0.1, 0.15) is 11.6 Å². The number of nitrogens with one attached hydrogen (secondary N) is 2. The molecule has 0 saturated carbocycles. The van der Waals surface area contributed by atoms with Gasteiger partial charge in [0.15, 0.2) is 6.04 Å². The summed E-state index contributed by atoms with van der Waals surface area (Å²) in [5.74, 6) is 0.426. The summed E-state index contributed by atoms with van der Waals surface area (Å²) >= 11 is 1.63. The number of aryl methyl sites for hydroxylation is 1. The molecule has 20 heavy (non-hydrogen) atoms. The molecule has 0 radical (unpaired) electrons. The molecule has 0 aliphatic heterocycles. The van der Waals surface area contributed by atoms with Crippen LogP contribution in [-0.2, 0) is 11.8 Å². The fraction of sp³-hybridized carbons (Fsp3) is 0.417. The van der Waals surface area contributed by atoms with Crippen LogP contribution in [0.15, 0.2) is 25.0 Å². The van der Waals surface area contributed by atoms with Gasteiger partial charge in [-0.05, 0) is 0 Å². The van der Waals surface area contributed by atoms with E-state index in [1.54, 1.807) is 31.1 Å². The van der Waals surface area contributed by atoms with Gasteiger partial charge < -0.3 is 15.7 Å². The Bertz CT molecular complexity index is 475. The second kappa shape index (κ2) is 8.26. The second-order valence-electron chi connectivity index (χ2n) is 3.98. The van der Waals surface area contributed by atoms with E-state index in [9.17, 15) is 9.59 Å². The number of carboxylic acid groups (broad SMARTS) is 1. The molecule has 1 atom stereocenters. The molecule has 0 saturated heterocycles. The summed E-state index contributed by atoms with van der Waals surface area (Å²) in [6, 6.07) is -1.62. The molecule has 1 rings (SSSR count). The van der Waals surface area contributed by atoms with Crippen LogP contribution in [0.5, 0.6) is 0 Å². The number of nitrogens with zero attached hydrogens (tertiary/aromatic N) is 2. The van der Waals surface area contributed by atoms with Gasteiger partial charge in [-0.25, -0.2) is 9.59 Å². The third kappa shape index (κ3) is 5.35. The van der Waals surface area contributed by atoms with Gasteiger partial charge in [0.25, 0.3) is 0 Å². The SMILES string of the molecule is C=CCSCCNC(=O)NC(C(=O)O)c1cnn(C)c1. The minimum atomic E-state index is -1.13. The first-order valence-corrected chi connectivity index (χ1v) is 7.14. The lowest BCUT2D eigenvalue weighted by molar-refractivity contribution is -0.139. The van der Waals surface area contributed by atoms with Crippen LogP contribution in [0.25, 0.3) is 0 Å². The molecule has 7 nitrogen and oxygen atoms in total. The van der Waals surface area contributed by atoms with E-state index in [0.29, 0.717) is 12.1 Å². The van der Waals surface area contributed by atoms with Gasteiger partial charge in [0, 0.05) is 36.9 Å². The highest BCUT2D eigenvalue weighted by Crippen LogP contribution is 2.11. The molecule has 0 spiro atoms. The molecule has 110 valence electrons. The van der Waals surface area contributed by atoms with Crippen molar-refractivity contribution in [3.63, 3.8) is 0 Å². The number of aromatic nitrogens is 2. The Labute approximate surface area is 121 Å². The van der Waals surface area contributed by atoms with Crippen LogP contribution in [0.3, 0.4) is 0 Å². The predicted octanol–water partition coefficient (Wildman–Crippen LogP) is 0.764. The van der Waals surface area contributed by atoms with Crippen molar-refractivity contribution in [2.75, 3.05) is 18.1 Å². The zero-order valence-corrected chi connectivity index (χ0v) is 12.0. The molecule has 1 aromatic rings. The molecular formula is C12H18N4O3S. The minimum absolute atomic E-state index is 0.427. The highest BCUT2D eigenvalue weighted by atomic mass is 32.2. The average Bonchev–Trinajstić information content (AvgIpc) is 2.81. The Balaban J connectivity index is 2.44. The van der Waals surface area contributed by atoms with Crippen molar-refractivity contribution in [3.8, 4) is 0 Å². The maximum atomic E-state index is 11.6. The zero-order valence-electron chi connectivity index (χ0n) is 11.2. The van der Waals surface area contributed by atoms with Crippen LogP contribution in [0.4, 0.5) is 4.79 Å². The molecule has 0 aliphatic carbocycles. The van der Waals surface area contributed by atoms with E-state index in [1.165, 1.54) is 10.9 Å². The van der Waals surface area contributed by atoms with Crippen LogP contribution in [-0.4, -0.2) is 44.9 Å². The number of carboxylic acids is 1. The summed E-state index contributed by atoms with van der Waals surface area (Å²) in [4.78, 5) is 22.8. The monoisotopic (exact) mass is 298 g/mol. The summed E-state index contributed by atoms with van der Waals surface area (Å²) in [7, 11) is 1.68. The van der Waals surface area contributed by atoms with Crippen molar-refractivity contribution < 1.29 is 14.7 Å². The van der Waals surface area contributed by atoms with Crippen molar-refractivity contribution >= 4 is 23.8 Å². The Morgan fingerprint density at radius 2 is 2.40 bits per heavy atom. The lowest BCUT2D eigenvalue weighted by Crippen LogP contribution is -2.41. The average molecular weight is 298 g/mol. The predicted molar refractivity (Wildman–Crippen MR) is 77.6 cm³/mol. The molecule has 0 bridgehead atoms. The number of thioether (sulfide) groups is 1. The number of hydrogen-bond donors (Lipinski definition) is 3. The molecule has 1 aromatic heterocycles. The van der Waals surface area contributed by atoms with E-state index in [-0.39, 0.29) is 0 Å². The van der Waals surface area contributed by atoms with Crippen molar-refractivity contribution in [2.24, 2.45) is 7.05 Å². The number of rotatable bonds is 8. The number of amides is 2. The van der Waals surface area contributed by atoms with Gasteiger partial charge in [-0.2, -0.15) is 16.9 Å². The summed E-state index contributed by atoms with van der Waals surface area (Å²) in [6.07, 6.45) is 4.76. The van der Waals surface area contributed by atoms with E-state index in [2.05, 4.69) is 22.3 Å². The number of carbonyl (C=O) groups excluding carboxylic acids is 1. The Morgan fingerprint density at radius 1 is 1.65 bits per heavy atom. The fourth-order valence-corrected chi connectivity index (χ4v) is 2.04. The highest BCUT2D eigenvalue weighted by molar-refractivity contribution is 7.99. The number of hydrogen-bond acceptors (Lipinski definition) is 4. The molecule has 3 N–H and O–H groups in total. The summed E-state index contributed by atoms with van der Waals surface area (Å²) in [6.45, 7) is 4.06. The van der Waals surface area contributed by atoms with Crippen molar-refractivity contribution in [2.45, 2.75) is 6.04 Å². The van der Waals surface area contributed by atoms with Crippen LogP contribution >= 0.6 is 11.8 Å². The summed E-state index contributed by atoms with van der Waals surface area (Å²) in [5, 5.41) is 18.0.